The smallest absolute Gasteiger partial charge is 0.148 e. The summed E-state index contributed by atoms with van der Waals surface area (Å²) >= 11 is 0. The first-order chi connectivity index (χ1) is 8.19. The van der Waals surface area contributed by atoms with E-state index in [-0.39, 0.29) is 12.4 Å². The first kappa shape index (κ1) is 14.6. The molecular formula is C12H20ClN5. The quantitative estimate of drug-likeness (QED) is 0.907. The summed E-state index contributed by atoms with van der Waals surface area (Å²) in [5.41, 5.74) is 2.31. The highest BCUT2D eigenvalue weighted by Gasteiger charge is 2.04. The van der Waals surface area contributed by atoms with Crippen LogP contribution in [0.25, 0.3) is 0 Å². The van der Waals surface area contributed by atoms with Gasteiger partial charge < -0.3 is 5.32 Å². The molecule has 2 heterocycles. The summed E-state index contributed by atoms with van der Waals surface area (Å²) in [7, 11) is 1.91. The Morgan fingerprint density at radius 3 is 2.72 bits per heavy atom. The van der Waals surface area contributed by atoms with Crippen molar-refractivity contribution in [2.24, 2.45) is 7.05 Å². The lowest BCUT2D eigenvalue weighted by atomic mass is 10.2. The summed E-state index contributed by atoms with van der Waals surface area (Å²) in [6.45, 7) is 5.95. The van der Waals surface area contributed by atoms with E-state index < -0.39 is 0 Å². The number of anilines is 1. The van der Waals surface area contributed by atoms with Crippen molar-refractivity contribution in [1.29, 1.82) is 0 Å². The normalized spacial score (nSPS) is 10.2. The molecule has 0 spiro atoms. The van der Waals surface area contributed by atoms with Crippen molar-refractivity contribution >= 4 is 18.2 Å². The number of nitrogens with zero attached hydrogens (tertiary/aromatic N) is 4. The van der Waals surface area contributed by atoms with Crippen LogP contribution in [0.2, 0.25) is 0 Å². The highest BCUT2D eigenvalue weighted by Crippen LogP contribution is 2.09. The van der Waals surface area contributed by atoms with E-state index in [0.29, 0.717) is 0 Å². The maximum atomic E-state index is 4.47. The minimum atomic E-state index is 0. The molecule has 100 valence electrons. The highest BCUT2D eigenvalue weighted by molar-refractivity contribution is 5.85. The van der Waals surface area contributed by atoms with Crippen LogP contribution in [0.15, 0.2) is 18.5 Å². The van der Waals surface area contributed by atoms with Gasteiger partial charge >= 0.3 is 0 Å². The Kier molecular flexibility index (Phi) is 5.22. The van der Waals surface area contributed by atoms with Gasteiger partial charge in [0.15, 0.2) is 0 Å². The summed E-state index contributed by atoms with van der Waals surface area (Å²) in [6, 6.07) is 1.96. The number of aromatic nitrogens is 4. The first-order valence-corrected chi connectivity index (χ1v) is 5.95. The van der Waals surface area contributed by atoms with Gasteiger partial charge in [0, 0.05) is 44.2 Å². The van der Waals surface area contributed by atoms with Crippen LogP contribution in [0.4, 0.5) is 5.82 Å². The SMILES string of the molecule is CCCn1cc(CNc2ccn(C)n2)c(C)n1.Cl. The number of aryl methyl sites for hydroxylation is 3. The molecule has 0 amide bonds. The van der Waals surface area contributed by atoms with Crippen molar-refractivity contribution in [1.82, 2.24) is 19.6 Å². The molecule has 2 aromatic rings. The maximum absolute atomic E-state index is 4.47. The second kappa shape index (κ2) is 6.44. The van der Waals surface area contributed by atoms with E-state index in [1.54, 1.807) is 4.68 Å². The molecule has 0 fully saturated rings. The van der Waals surface area contributed by atoms with Crippen molar-refractivity contribution in [3.8, 4) is 0 Å². The van der Waals surface area contributed by atoms with E-state index in [2.05, 4.69) is 28.6 Å². The molecule has 0 atom stereocenters. The first-order valence-electron chi connectivity index (χ1n) is 5.95. The summed E-state index contributed by atoms with van der Waals surface area (Å²) in [5, 5.41) is 12.0. The summed E-state index contributed by atoms with van der Waals surface area (Å²) in [5.74, 6) is 0.898. The molecule has 0 aliphatic carbocycles. The standard InChI is InChI=1S/C12H19N5.ClH/c1-4-6-17-9-11(10(2)14-17)8-13-12-5-7-16(3)15-12;/h5,7,9H,4,6,8H2,1-3H3,(H,13,15);1H. The average molecular weight is 270 g/mol. The van der Waals surface area contributed by atoms with Crippen LogP contribution >= 0.6 is 12.4 Å². The van der Waals surface area contributed by atoms with Crippen molar-refractivity contribution in [2.75, 3.05) is 5.32 Å². The van der Waals surface area contributed by atoms with Gasteiger partial charge in [-0.2, -0.15) is 10.2 Å². The summed E-state index contributed by atoms with van der Waals surface area (Å²) in [6.07, 6.45) is 5.14. The van der Waals surface area contributed by atoms with Gasteiger partial charge in [-0.3, -0.25) is 9.36 Å². The molecule has 2 aromatic heterocycles. The lowest BCUT2D eigenvalue weighted by molar-refractivity contribution is 0.598. The van der Waals surface area contributed by atoms with Crippen molar-refractivity contribution in [3.05, 3.63) is 29.7 Å². The van der Waals surface area contributed by atoms with Gasteiger partial charge in [-0.25, -0.2) is 0 Å². The van der Waals surface area contributed by atoms with Gasteiger partial charge in [-0.1, -0.05) is 6.92 Å². The Morgan fingerprint density at radius 2 is 2.11 bits per heavy atom. The zero-order valence-electron chi connectivity index (χ0n) is 11.1. The predicted molar refractivity (Wildman–Crippen MR) is 75.0 cm³/mol. The Bertz CT molecular complexity index is 488. The molecule has 0 aliphatic rings. The second-order valence-electron chi connectivity index (χ2n) is 4.23. The minimum absolute atomic E-state index is 0. The number of hydrogen-bond donors (Lipinski definition) is 1. The number of hydrogen-bond acceptors (Lipinski definition) is 3. The Labute approximate surface area is 114 Å². The summed E-state index contributed by atoms with van der Waals surface area (Å²) < 4.78 is 3.79. The highest BCUT2D eigenvalue weighted by atomic mass is 35.5. The zero-order valence-corrected chi connectivity index (χ0v) is 11.9. The van der Waals surface area contributed by atoms with E-state index in [9.17, 15) is 0 Å². The molecule has 0 radical (unpaired) electrons. The molecule has 0 aliphatic heterocycles. The second-order valence-corrected chi connectivity index (χ2v) is 4.23. The van der Waals surface area contributed by atoms with E-state index in [1.807, 2.05) is 30.9 Å². The van der Waals surface area contributed by atoms with Gasteiger partial charge in [0.25, 0.3) is 0 Å². The fraction of sp³-hybridized carbons (Fsp3) is 0.500. The molecule has 0 bridgehead atoms. The zero-order chi connectivity index (χ0) is 12.3. The monoisotopic (exact) mass is 269 g/mol. The fourth-order valence-electron chi connectivity index (χ4n) is 1.77. The number of nitrogens with one attached hydrogen (secondary N) is 1. The molecule has 18 heavy (non-hydrogen) atoms. The Balaban J connectivity index is 0.00000162. The lowest BCUT2D eigenvalue weighted by Crippen LogP contribution is -2.01. The van der Waals surface area contributed by atoms with Crippen LogP contribution in [-0.4, -0.2) is 19.6 Å². The van der Waals surface area contributed by atoms with E-state index in [1.165, 1.54) is 5.56 Å². The molecule has 0 unspecified atom stereocenters. The molecular weight excluding hydrogens is 250 g/mol. The molecule has 5 nitrogen and oxygen atoms in total. The van der Waals surface area contributed by atoms with Gasteiger partial charge in [-0.05, 0) is 13.3 Å². The van der Waals surface area contributed by atoms with Gasteiger partial charge in [0.2, 0.25) is 0 Å². The van der Waals surface area contributed by atoms with Crippen molar-refractivity contribution < 1.29 is 0 Å². The predicted octanol–water partition coefficient (Wildman–Crippen LogP) is 2.37. The van der Waals surface area contributed by atoms with Crippen LogP contribution < -0.4 is 5.32 Å². The third kappa shape index (κ3) is 3.50. The number of halogens is 1. The largest absolute Gasteiger partial charge is 0.364 e. The van der Waals surface area contributed by atoms with Crippen LogP contribution in [0.3, 0.4) is 0 Å². The maximum Gasteiger partial charge on any atom is 0.148 e. The van der Waals surface area contributed by atoms with E-state index in [4.69, 9.17) is 0 Å². The summed E-state index contributed by atoms with van der Waals surface area (Å²) in [4.78, 5) is 0. The molecule has 0 aromatic carbocycles. The molecule has 1 N–H and O–H groups in total. The lowest BCUT2D eigenvalue weighted by Gasteiger charge is -2.00. The van der Waals surface area contributed by atoms with Gasteiger partial charge in [0.05, 0.1) is 5.69 Å². The Morgan fingerprint density at radius 1 is 1.33 bits per heavy atom. The third-order valence-electron chi connectivity index (χ3n) is 2.67. The topological polar surface area (TPSA) is 47.7 Å². The van der Waals surface area contributed by atoms with Crippen LogP contribution in [0.1, 0.15) is 24.6 Å². The average Bonchev–Trinajstić information content (AvgIpc) is 2.83. The van der Waals surface area contributed by atoms with Crippen LogP contribution in [-0.2, 0) is 20.1 Å². The Hall–Kier alpha value is -1.49. The van der Waals surface area contributed by atoms with Crippen LogP contribution in [0.5, 0.6) is 0 Å². The molecule has 2 rings (SSSR count). The fourth-order valence-corrected chi connectivity index (χ4v) is 1.77. The molecule has 0 saturated heterocycles. The third-order valence-corrected chi connectivity index (χ3v) is 2.67. The van der Waals surface area contributed by atoms with Crippen molar-refractivity contribution in [3.63, 3.8) is 0 Å². The van der Waals surface area contributed by atoms with Gasteiger partial charge in [-0.15, -0.1) is 12.4 Å². The number of rotatable bonds is 5. The van der Waals surface area contributed by atoms with Gasteiger partial charge in [0.1, 0.15) is 5.82 Å². The molecule has 0 saturated carbocycles. The van der Waals surface area contributed by atoms with Crippen LogP contribution in [0, 0.1) is 6.92 Å². The van der Waals surface area contributed by atoms with E-state index >= 15 is 0 Å². The van der Waals surface area contributed by atoms with Crippen molar-refractivity contribution in [2.45, 2.75) is 33.4 Å². The van der Waals surface area contributed by atoms with E-state index in [0.717, 1.165) is 31.0 Å². The minimum Gasteiger partial charge on any atom is -0.364 e. The molecule has 6 heteroatoms.